The zero-order valence-corrected chi connectivity index (χ0v) is 9.40. The second-order valence-corrected chi connectivity index (χ2v) is 8.15. The first-order valence-corrected chi connectivity index (χ1v) is 7.36. The molecule has 12 heavy (non-hydrogen) atoms. The Morgan fingerprint density at radius 3 is 2.08 bits per heavy atom. The molecular formula is C11H20P+. The number of rotatable bonds is 4. The molecule has 0 bridgehead atoms. The maximum Gasteiger partial charge on any atom is 0.0752 e. The van der Waals surface area contributed by atoms with Crippen LogP contribution in [0.4, 0.5) is 0 Å². The van der Waals surface area contributed by atoms with Crippen LogP contribution in [0.15, 0.2) is 23.5 Å². The average molecular weight is 183 g/mol. The summed E-state index contributed by atoms with van der Waals surface area (Å²) >= 11 is 0. The minimum Gasteiger partial charge on any atom is -0.0767 e. The van der Waals surface area contributed by atoms with Crippen molar-refractivity contribution in [3.05, 3.63) is 23.5 Å². The lowest BCUT2D eigenvalue weighted by Gasteiger charge is -2.24. The van der Waals surface area contributed by atoms with Crippen LogP contribution in [-0.2, 0) is 0 Å². The van der Waals surface area contributed by atoms with Gasteiger partial charge in [0.2, 0.25) is 0 Å². The van der Waals surface area contributed by atoms with Gasteiger partial charge in [-0.15, -0.1) is 0 Å². The molecule has 1 rings (SSSR count). The van der Waals surface area contributed by atoms with E-state index in [-0.39, 0.29) is 0 Å². The second-order valence-electron chi connectivity index (χ2n) is 3.38. The summed E-state index contributed by atoms with van der Waals surface area (Å²) in [5, 5.41) is 1.76. The zero-order chi connectivity index (χ0) is 9.03. The van der Waals surface area contributed by atoms with Crippen LogP contribution in [0.1, 0.15) is 27.2 Å². The first kappa shape index (κ1) is 9.99. The Balaban J connectivity index is 2.77. The fourth-order valence-electron chi connectivity index (χ4n) is 2.07. The van der Waals surface area contributed by atoms with Crippen LogP contribution in [0.3, 0.4) is 0 Å². The SMILES string of the molecule is CC[P+](CC)(CC)C1=CC=CC1. The summed E-state index contributed by atoms with van der Waals surface area (Å²) in [7, 11) is -0.688. The Bertz CT molecular complexity index is 189. The lowest BCUT2D eigenvalue weighted by molar-refractivity contribution is 1.26. The smallest absolute Gasteiger partial charge is 0.0752 e. The van der Waals surface area contributed by atoms with Gasteiger partial charge in [0.05, 0.1) is 23.8 Å². The van der Waals surface area contributed by atoms with Crippen LogP contribution < -0.4 is 0 Å². The van der Waals surface area contributed by atoms with Gasteiger partial charge in [0, 0.05) is 13.7 Å². The van der Waals surface area contributed by atoms with Crippen LogP contribution in [0, 0.1) is 0 Å². The Kier molecular flexibility index (Phi) is 3.53. The summed E-state index contributed by atoms with van der Waals surface area (Å²) < 4.78 is 0. The van der Waals surface area contributed by atoms with Crippen molar-refractivity contribution in [2.24, 2.45) is 0 Å². The molecule has 0 aromatic heterocycles. The molecule has 0 heterocycles. The molecule has 1 aliphatic rings. The molecule has 0 aromatic carbocycles. The monoisotopic (exact) mass is 183 g/mol. The van der Waals surface area contributed by atoms with Gasteiger partial charge in [-0.3, -0.25) is 0 Å². The van der Waals surface area contributed by atoms with E-state index in [9.17, 15) is 0 Å². The van der Waals surface area contributed by atoms with Gasteiger partial charge < -0.3 is 0 Å². The van der Waals surface area contributed by atoms with E-state index in [1.807, 2.05) is 0 Å². The van der Waals surface area contributed by atoms with Crippen molar-refractivity contribution in [1.82, 2.24) is 0 Å². The van der Waals surface area contributed by atoms with Gasteiger partial charge in [-0.1, -0.05) is 12.2 Å². The molecule has 0 N–H and O–H groups in total. The number of hydrogen-bond donors (Lipinski definition) is 0. The third kappa shape index (κ3) is 1.64. The first-order chi connectivity index (χ1) is 5.79. The molecule has 0 radical (unpaired) electrons. The fourth-order valence-corrected chi connectivity index (χ4v) is 5.52. The Morgan fingerprint density at radius 1 is 1.17 bits per heavy atom. The molecule has 0 unspecified atom stereocenters. The Morgan fingerprint density at radius 2 is 1.75 bits per heavy atom. The summed E-state index contributed by atoms with van der Waals surface area (Å²) in [5.74, 6) is 0. The van der Waals surface area contributed by atoms with Gasteiger partial charge in [-0.05, 0) is 26.8 Å². The van der Waals surface area contributed by atoms with Gasteiger partial charge >= 0.3 is 0 Å². The molecule has 0 saturated heterocycles. The molecule has 0 atom stereocenters. The summed E-state index contributed by atoms with van der Waals surface area (Å²) in [5.41, 5.74) is 0. The highest BCUT2D eigenvalue weighted by molar-refractivity contribution is 7.79. The van der Waals surface area contributed by atoms with Gasteiger partial charge in [0.1, 0.15) is 0 Å². The first-order valence-electron chi connectivity index (χ1n) is 5.01. The summed E-state index contributed by atoms with van der Waals surface area (Å²) in [6, 6.07) is 0. The van der Waals surface area contributed by atoms with Crippen LogP contribution in [0.25, 0.3) is 0 Å². The summed E-state index contributed by atoms with van der Waals surface area (Å²) in [6.45, 7) is 7.08. The molecule has 0 nitrogen and oxygen atoms in total. The third-order valence-electron chi connectivity index (χ3n) is 3.18. The highest BCUT2D eigenvalue weighted by atomic mass is 31.2. The van der Waals surface area contributed by atoms with E-state index in [4.69, 9.17) is 0 Å². The highest BCUT2D eigenvalue weighted by Gasteiger charge is 2.36. The predicted molar refractivity (Wildman–Crippen MR) is 60.4 cm³/mol. The number of allylic oxidation sites excluding steroid dienone is 4. The van der Waals surface area contributed by atoms with Crippen LogP contribution >= 0.6 is 7.26 Å². The normalized spacial score (nSPS) is 16.8. The Hall–Kier alpha value is -0.0900. The minimum atomic E-state index is -0.688. The van der Waals surface area contributed by atoms with Gasteiger partial charge in [-0.2, -0.15) is 0 Å². The quantitative estimate of drug-likeness (QED) is 0.580. The molecule has 0 amide bonds. The lowest BCUT2D eigenvalue weighted by atomic mass is 10.5. The molecule has 0 saturated carbocycles. The highest BCUT2D eigenvalue weighted by Crippen LogP contribution is 2.66. The zero-order valence-electron chi connectivity index (χ0n) is 8.51. The fraction of sp³-hybridized carbons (Fsp3) is 0.636. The third-order valence-corrected chi connectivity index (χ3v) is 8.36. The van der Waals surface area contributed by atoms with Crippen molar-refractivity contribution >= 4 is 7.26 Å². The van der Waals surface area contributed by atoms with Crippen molar-refractivity contribution in [3.8, 4) is 0 Å². The molecule has 0 aliphatic heterocycles. The van der Waals surface area contributed by atoms with Crippen LogP contribution in [-0.4, -0.2) is 18.5 Å². The second kappa shape index (κ2) is 4.23. The topological polar surface area (TPSA) is 0 Å². The van der Waals surface area contributed by atoms with E-state index < -0.39 is 7.26 Å². The Labute approximate surface area is 77.1 Å². The number of hydrogen-bond acceptors (Lipinski definition) is 0. The van der Waals surface area contributed by atoms with Crippen molar-refractivity contribution < 1.29 is 0 Å². The van der Waals surface area contributed by atoms with Crippen molar-refractivity contribution in [2.75, 3.05) is 18.5 Å². The summed E-state index contributed by atoms with van der Waals surface area (Å²) in [6.07, 6.45) is 12.3. The molecule has 68 valence electrons. The minimum absolute atomic E-state index is 0.688. The molecule has 1 aliphatic carbocycles. The molecule has 1 heteroatoms. The van der Waals surface area contributed by atoms with Gasteiger partial charge in [0.15, 0.2) is 0 Å². The molecular weight excluding hydrogens is 163 g/mol. The van der Waals surface area contributed by atoms with Crippen molar-refractivity contribution in [3.63, 3.8) is 0 Å². The van der Waals surface area contributed by atoms with E-state index in [0.29, 0.717) is 0 Å². The van der Waals surface area contributed by atoms with Crippen molar-refractivity contribution in [2.45, 2.75) is 27.2 Å². The summed E-state index contributed by atoms with van der Waals surface area (Å²) in [4.78, 5) is 0. The van der Waals surface area contributed by atoms with Crippen LogP contribution in [0.2, 0.25) is 0 Å². The maximum atomic E-state index is 2.37. The lowest BCUT2D eigenvalue weighted by Crippen LogP contribution is -2.04. The van der Waals surface area contributed by atoms with E-state index >= 15 is 0 Å². The van der Waals surface area contributed by atoms with E-state index in [2.05, 4.69) is 39.0 Å². The predicted octanol–water partition coefficient (Wildman–Crippen LogP) is 3.91. The van der Waals surface area contributed by atoms with E-state index in [0.717, 1.165) is 0 Å². The standard InChI is InChI=1S/C11H20P/c1-4-12(5-2,6-3)11-9-7-8-10-11/h7-9H,4-6,10H2,1-3H3/q+1. The van der Waals surface area contributed by atoms with Gasteiger partial charge in [0.25, 0.3) is 0 Å². The van der Waals surface area contributed by atoms with Crippen LogP contribution in [0.5, 0.6) is 0 Å². The molecule has 0 spiro atoms. The molecule has 0 fully saturated rings. The van der Waals surface area contributed by atoms with E-state index in [1.165, 1.54) is 24.9 Å². The van der Waals surface area contributed by atoms with Gasteiger partial charge in [-0.25, -0.2) is 0 Å². The average Bonchev–Trinajstić information content (AvgIpc) is 2.62. The maximum absolute atomic E-state index is 2.37. The van der Waals surface area contributed by atoms with Crippen molar-refractivity contribution in [1.29, 1.82) is 0 Å². The molecule has 0 aromatic rings. The van der Waals surface area contributed by atoms with E-state index in [1.54, 1.807) is 5.31 Å². The largest absolute Gasteiger partial charge is 0.0767 e.